The maximum Gasteiger partial charge on any atom is 0.221 e. The molecular weight excluding hydrogens is 945 g/mol. The van der Waals surface area contributed by atoms with Gasteiger partial charge < -0.3 is 4.57 Å². The highest BCUT2D eigenvalue weighted by atomic mass is 28.3. The second kappa shape index (κ2) is 16.5. The van der Waals surface area contributed by atoms with Gasteiger partial charge in [-0.15, -0.1) is 0 Å². The molecule has 16 aromatic rings. The van der Waals surface area contributed by atoms with E-state index in [0.29, 0.717) is 0 Å². The fourth-order valence-corrected chi connectivity index (χ4v) is 17.2. The van der Waals surface area contributed by atoms with E-state index in [4.69, 9.17) is 15.0 Å². The Hall–Kier alpha value is -10.1. The van der Waals surface area contributed by atoms with Crippen molar-refractivity contribution in [1.29, 1.82) is 0 Å². The predicted molar refractivity (Wildman–Crippen MR) is 314 cm³/mol. The monoisotopic (exact) mass is 988 g/mol. The van der Waals surface area contributed by atoms with Crippen molar-refractivity contribution >= 4 is 106 Å². The molecule has 0 radical (unpaired) electrons. The third kappa shape index (κ3) is 6.08. The molecule has 0 fully saturated rings. The summed E-state index contributed by atoms with van der Waals surface area (Å²) < 4.78 is 11.5. The van der Waals surface area contributed by atoms with Crippen LogP contribution in [0.5, 0.6) is 0 Å². The summed E-state index contributed by atoms with van der Waals surface area (Å²) >= 11 is 0. The molecule has 0 aliphatic carbocycles. The average molecular weight is 989 g/mol. The number of hydrogen-bond acceptors (Lipinski definition) is 3. The van der Waals surface area contributed by atoms with E-state index in [-0.39, 0.29) is 0 Å². The standard InChI is InChI=1S/C67H44N8Si/c1-4-23-48(24-5-1)76(49-25-6-2-7-26-49,50-27-8-3-9-28-50)51-39-40-62-63(44-51)73-59-36-17-13-32-55(59)69-67(73)75(62)65-43-46(45-21-20-22-47(41-45)71-56-33-14-10-29-52(56)53-30-11-15-34-57(53)71)42-64(70-65)74-61-38-19-18-37-60(61)72-58-35-16-12-31-54(58)68-66(72)74/h1-44H. The van der Waals surface area contributed by atoms with Crippen LogP contribution in [0.25, 0.3) is 106 Å². The molecule has 0 atom stereocenters. The van der Waals surface area contributed by atoms with E-state index in [2.05, 4.69) is 289 Å². The topological polar surface area (TPSA) is 62.3 Å². The van der Waals surface area contributed by atoms with Crippen LogP contribution in [0.3, 0.4) is 0 Å². The van der Waals surface area contributed by atoms with E-state index in [1.807, 2.05) is 0 Å². The van der Waals surface area contributed by atoms with Crippen molar-refractivity contribution in [2.45, 2.75) is 0 Å². The molecule has 0 bridgehead atoms. The molecule has 8 nitrogen and oxygen atoms in total. The highest BCUT2D eigenvalue weighted by molar-refractivity contribution is 7.20. The number of aromatic nitrogens is 8. The number of para-hydroxylation sites is 8. The van der Waals surface area contributed by atoms with Crippen molar-refractivity contribution in [3.63, 3.8) is 0 Å². The third-order valence-electron chi connectivity index (χ3n) is 15.6. The fraction of sp³-hybridized carbons (Fsp3) is 0. The van der Waals surface area contributed by atoms with Gasteiger partial charge in [-0.1, -0.05) is 182 Å². The summed E-state index contributed by atoms with van der Waals surface area (Å²) in [5.74, 6) is 3.05. The number of imidazole rings is 4. The summed E-state index contributed by atoms with van der Waals surface area (Å²) in [6.07, 6.45) is 0. The van der Waals surface area contributed by atoms with Gasteiger partial charge in [0, 0.05) is 16.5 Å². The van der Waals surface area contributed by atoms with Gasteiger partial charge in [-0.05, 0) is 117 Å². The fourth-order valence-electron chi connectivity index (χ4n) is 12.4. The van der Waals surface area contributed by atoms with Gasteiger partial charge in [0.25, 0.3) is 0 Å². The second-order valence-corrected chi connectivity index (χ2v) is 23.5. The maximum absolute atomic E-state index is 5.78. The zero-order chi connectivity index (χ0) is 49.9. The van der Waals surface area contributed by atoms with E-state index < -0.39 is 8.07 Å². The van der Waals surface area contributed by atoms with Crippen LogP contribution in [0.15, 0.2) is 267 Å². The summed E-state index contributed by atoms with van der Waals surface area (Å²) in [7, 11) is -2.92. The Kier molecular flexibility index (Phi) is 9.19. The lowest BCUT2D eigenvalue weighted by Crippen LogP contribution is -2.74. The highest BCUT2D eigenvalue weighted by Crippen LogP contribution is 2.37. The van der Waals surface area contributed by atoms with Crippen LogP contribution in [0, 0.1) is 0 Å². The molecule has 16 rings (SSSR count). The van der Waals surface area contributed by atoms with Crippen LogP contribution in [0.1, 0.15) is 0 Å². The van der Waals surface area contributed by atoms with Crippen LogP contribution in [0.2, 0.25) is 0 Å². The second-order valence-electron chi connectivity index (χ2n) is 19.7. The molecule has 0 N–H and O–H groups in total. The lowest BCUT2D eigenvalue weighted by molar-refractivity contribution is 0.983. The number of nitrogens with zero attached hydrogens (tertiary/aromatic N) is 8. The van der Waals surface area contributed by atoms with E-state index in [1.54, 1.807) is 0 Å². The SMILES string of the molecule is c1ccc([Si](c2ccccc2)(c2ccccc2)c2ccc3c(c2)n2c4ccccc4nc2n3-c2cc(-c3cccc(-n4c5ccccc5c5ccccc54)c3)cc(-n3c4ccccc4n4c5ccccc5nc34)n2)cc1. The Morgan fingerprint density at radius 3 is 1.26 bits per heavy atom. The van der Waals surface area contributed by atoms with Crippen LogP contribution < -0.4 is 20.7 Å². The summed E-state index contributed by atoms with van der Waals surface area (Å²) in [6, 6.07) is 96.7. The van der Waals surface area contributed by atoms with Gasteiger partial charge in [-0.3, -0.25) is 17.9 Å². The number of pyridine rings is 1. The van der Waals surface area contributed by atoms with E-state index in [0.717, 1.165) is 95.2 Å². The van der Waals surface area contributed by atoms with Gasteiger partial charge in [0.2, 0.25) is 11.6 Å². The third-order valence-corrected chi connectivity index (χ3v) is 20.4. The lowest BCUT2D eigenvalue weighted by atomic mass is 10.1. The van der Waals surface area contributed by atoms with Crippen molar-refractivity contribution in [2.75, 3.05) is 0 Å². The summed E-state index contributed by atoms with van der Waals surface area (Å²) in [6.45, 7) is 0. The molecule has 0 spiro atoms. The Labute approximate surface area is 436 Å². The zero-order valence-electron chi connectivity index (χ0n) is 41.0. The first-order valence-corrected chi connectivity index (χ1v) is 27.8. The molecule has 76 heavy (non-hydrogen) atoms. The molecule has 6 aromatic heterocycles. The molecule has 0 aliphatic rings. The average Bonchev–Trinajstić information content (AvgIpc) is 4.41. The predicted octanol–water partition coefficient (Wildman–Crippen LogP) is 12.7. The van der Waals surface area contributed by atoms with E-state index in [1.165, 1.54) is 31.5 Å². The van der Waals surface area contributed by atoms with Crippen molar-refractivity contribution < 1.29 is 0 Å². The Morgan fingerprint density at radius 2 is 0.711 bits per heavy atom. The molecule has 0 aliphatic heterocycles. The van der Waals surface area contributed by atoms with Crippen molar-refractivity contribution in [1.82, 2.24) is 37.5 Å². The smallest absolute Gasteiger partial charge is 0.221 e. The highest BCUT2D eigenvalue weighted by Gasteiger charge is 2.42. The number of fused-ring (bicyclic) bond motifs is 13. The molecule has 10 aromatic carbocycles. The van der Waals surface area contributed by atoms with Gasteiger partial charge in [0.15, 0.2) is 8.07 Å². The lowest BCUT2D eigenvalue weighted by Gasteiger charge is -2.34. The summed E-state index contributed by atoms with van der Waals surface area (Å²) in [4.78, 5) is 16.6. The van der Waals surface area contributed by atoms with Crippen LogP contribution >= 0.6 is 0 Å². The number of benzene rings is 10. The molecule has 0 saturated carbocycles. The van der Waals surface area contributed by atoms with Gasteiger partial charge in [0.1, 0.15) is 11.6 Å². The summed E-state index contributed by atoms with van der Waals surface area (Å²) in [5.41, 5.74) is 13.5. The molecule has 0 saturated heterocycles. The normalized spacial score (nSPS) is 12.2. The molecule has 0 unspecified atom stereocenters. The Morgan fingerprint density at radius 1 is 0.263 bits per heavy atom. The zero-order valence-corrected chi connectivity index (χ0v) is 42.0. The van der Waals surface area contributed by atoms with Gasteiger partial charge in [0.05, 0.1) is 55.2 Å². The largest absolute Gasteiger partial charge is 0.309 e. The van der Waals surface area contributed by atoms with Crippen molar-refractivity contribution in [2.24, 2.45) is 0 Å². The van der Waals surface area contributed by atoms with Gasteiger partial charge in [-0.25, -0.2) is 15.0 Å². The minimum atomic E-state index is -2.92. The van der Waals surface area contributed by atoms with E-state index in [9.17, 15) is 0 Å². The maximum atomic E-state index is 5.78. The van der Waals surface area contributed by atoms with Crippen LogP contribution in [-0.4, -0.2) is 45.5 Å². The Balaban J connectivity index is 1.00. The molecule has 0 amide bonds. The summed E-state index contributed by atoms with van der Waals surface area (Å²) in [5, 5.41) is 7.67. The number of hydrogen-bond donors (Lipinski definition) is 0. The van der Waals surface area contributed by atoms with Crippen LogP contribution in [0.4, 0.5) is 0 Å². The molecular formula is C67H44N8Si. The first-order valence-electron chi connectivity index (χ1n) is 25.8. The minimum Gasteiger partial charge on any atom is -0.309 e. The molecule has 9 heteroatoms. The van der Waals surface area contributed by atoms with Crippen molar-refractivity contribution in [3.8, 4) is 28.5 Å². The minimum absolute atomic E-state index is 0.738. The van der Waals surface area contributed by atoms with Gasteiger partial charge >= 0.3 is 0 Å². The molecule has 6 heterocycles. The molecule has 356 valence electrons. The first kappa shape index (κ1) is 42.4. The van der Waals surface area contributed by atoms with Crippen molar-refractivity contribution in [3.05, 3.63) is 267 Å². The first-order chi connectivity index (χ1) is 37.7. The quantitative estimate of drug-likeness (QED) is 0.113. The van der Waals surface area contributed by atoms with E-state index >= 15 is 0 Å². The van der Waals surface area contributed by atoms with Crippen LogP contribution in [-0.2, 0) is 0 Å². The Bertz CT molecular complexity index is 4800. The number of rotatable bonds is 8. The van der Waals surface area contributed by atoms with Gasteiger partial charge in [-0.2, -0.15) is 0 Å².